The number of rotatable bonds is 10. The molecule has 0 spiro atoms. The number of ether oxygens (including phenoxy) is 2. The van der Waals surface area contributed by atoms with E-state index >= 15 is 0 Å². The summed E-state index contributed by atoms with van der Waals surface area (Å²) in [6.07, 6.45) is 1.23. The lowest BCUT2D eigenvalue weighted by Gasteiger charge is -2.23. The maximum absolute atomic E-state index is 9.07. The number of azo groups is 1. The summed E-state index contributed by atoms with van der Waals surface area (Å²) in [5, 5.41) is 26.5. The topological polar surface area (TPSA) is 90.8 Å². The normalized spacial score (nSPS) is 19.6. The molecule has 0 aromatic heterocycles. The zero-order chi connectivity index (χ0) is 17.2. The van der Waals surface area contributed by atoms with Crippen molar-refractivity contribution in [3.05, 3.63) is 0 Å². The van der Waals surface area contributed by atoms with E-state index in [1.165, 1.54) is 0 Å². The first kappa shape index (κ1) is 20.5. The fourth-order valence-electron chi connectivity index (χ4n) is 2.20. The van der Waals surface area contributed by atoms with Gasteiger partial charge in [-0.2, -0.15) is 20.8 Å². The molecule has 6 nitrogen and oxygen atoms in total. The first-order chi connectivity index (χ1) is 10.2. The molecule has 0 fully saturated rings. The van der Waals surface area contributed by atoms with E-state index in [0.29, 0.717) is 25.9 Å². The van der Waals surface area contributed by atoms with Gasteiger partial charge in [-0.15, -0.1) is 0 Å². The van der Waals surface area contributed by atoms with Gasteiger partial charge in [-0.3, -0.25) is 0 Å². The molecule has 6 heteroatoms. The lowest BCUT2D eigenvalue weighted by Crippen LogP contribution is -2.28. The highest BCUT2D eigenvalue weighted by Crippen LogP contribution is 2.21. The van der Waals surface area contributed by atoms with Crippen LogP contribution in [0.3, 0.4) is 0 Å². The minimum absolute atomic E-state index is 0.215. The van der Waals surface area contributed by atoms with Crippen LogP contribution >= 0.6 is 0 Å². The standard InChI is InChI=1S/C16H28N4O2/c1-13(7-15(3,11-17)21-5)9-19-20-10-14(2)8-16(4,12-18)22-6/h13-14H,7-10H2,1-6H3. The van der Waals surface area contributed by atoms with Crippen LogP contribution in [0.25, 0.3) is 0 Å². The number of hydrogen-bond donors (Lipinski definition) is 0. The summed E-state index contributed by atoms with van der Waals surface area (Å²) in [6, 6.07) is 4.33. The van der Waals surface area contributed by atoms with Crippen molar-refractivity contribution in [3.8, 4) is 12.1 Å². The smallest absolute Gasteiger partial charge is 0.151 e. The van der Waals surface area contributed by atoms with Crippen LogP contribution in [-0.4, -0.2) is 38.5 Å². The Morgan fingerprint density at radius 2 is 1.18 bits per heavy atom. The first-order valence-corrected chi connectivity index (χ1v) is 7.50. The SMILES string of the molecule is COC(C)(C#N)CC(C)CN=NCC(C)CC(C)(C#N)OC. The molecule has 124 valence electrons. The van der Waals surface area contributed by atoms with Crippen LogP contribution in [0.4, 0.5) is 0 Å². The molecule has 0 saturated heterocycles. The van der Waals surface area contributed by atoms with Gasteiger partial charge in [0.25, 0.3) is 0 Å². The molecule has 0 amide bonds. The molecule has 0 radical (unpaired) electrons. The maximum Gasteiger partial charge on any atom is 0.151 e. The molecule has 0 rings (SSSR count). The fourth-order valence-corrected chi connectivity index (χ4v) is 2.20. The zero-order valence-corrected chi connectivity index (χ0v) is 14.6. The highest BCUT2D eigenvalue weighted by molar-refractivity contribution is 4.99. The van der Waals surface area contributed by atoms with Crippen LogP contribution in [0, 0.1) is 34.5 Å². The molecule has 0 bridgehead atoms. The van der Waals surface area contributed by atoms with E-state index in [1.54, 1.807) is 28.1 Å². The van der Waals surface area contributed by atoms with E-state index in [2.05, 4.69) is 22.4 Å². The van der Waals surface area contributed by atoms with Crippen LogP contribution in [0.1, 0.15) is 40.5 Å². The predicted molar refractivity (Wildman–Crippen MR) is 84.2 cm³/mol. The quantitative estimate of drug-likeness (QED) is 0.579. The molecule has 22 heavy (non-hydrogen) atoms. The Morgan fingerprint density at radius 1 is 0.864 bits per heavy atom. The van der Waals surface area contributed by atoms with Crippen LogP contribution in [-0.2, 0) is 9.47 Å². The summed E-state index contributed by atoms with van der Waals surface area (Å²) in [4.78, 5) is 0. The Hall–Kier alpha value is -1.50. The molecule has 0 N–H and O–H groups in total. The van der Waals surface area contributed by atoms with Gasteiger partial charge in [0.05, 0.1) is 25.2 Å². The number of methoxy groups -OCH3 is 2. The predicted octanol–water partition coefficient (Wildman–Crippen LogP) is 3.35. The largest absolute Gasteiger partial charge is 0.364 e. The van der Waals surface area contributed by atoms with Crippen molar-refractivity contribution in [3.63, 3.8) is 0 Å². The molecule has 0 aliphatic carbocycles. The average molecular weight is 308 g/mol. The van der Waals surface area contributed by atoms with E-state index < -0.39 is 11.2 Å². The van der Waals surface area contributed by atoms with Gasteiger partial charge in [-0.25, -0.2) is 0 Å². The van der Waals surface area contributed by atoms with E-state index in [-0.39, 0.29) is 11.8 Å². The van der Waals surface area contributed by atoms with E-state index in [0.717, 1.165) is 0 Å². The lowest BCUT2D eigenvalue weighted by atomic mass is 9.94. The van der Waals surface area contributed by atoms with Crippen molar-refractivity contribution >= 4 is 0 Å². The van der Waals surface area contributed by atoms with Gasteiger partial charge in [-0.1, -0.05) is 13.8 Å². The van der Waals surface area contributed by atoms with Gasteiger partial charge in [0.15, 0.2) is 11.2 Å². The van der Waals surface area contributed by atoms with Crippen LogP contribution in [0.5, 0.6) is 0 Å². The van der Waals surface area contributed by atoms with E-state index in [9.17, 15) is 0 Å². The maximum atomic E-state index is 9.07. The lowest BCUT2D eigenvalue weighted by molar-refractivity contribution is 0.0356. The monoisotopic (exact) mass is 308 g/mol. The van der Waals surface area contributed by atoms with Crippen molar-refractivity contribution in [1.29, 1.82) is 10.5 Å². The second-order valence-corrected chi connectivity index (χ2v) is 6.36. The molecule has 4 atom stereocenters. The second-order valence-electron chi connectivity index (χ2n) is 6.36. The molecule has 0 saturated carbocycles. The zero-order valence-electron chi connectivity index (χ0n) is 14.6. The summed E-state index contributed by atoms with van der Waals surface area (Å²) in [5.41, 5.74) is -1.54. The molecule has 0 aromatic rings. The molecular formula is C16H28N4O2. The van der Waals surface area contributed by atoms with Crippen LogP contribution in [0.15, 0.2) is 10.2 Å². The molecule has 0 aliphatic rings. The Kier molecular flexibility index (Phi) is 8.86. The number of nitrogens with zero attached hydrogens (tertiary/aromatic N) is 4. The van der Waals surface area contributed by atoms with Gasteiger partial charge in [0.1, 0.15) is 0 Å². The Bertz CT molecular complexity index is 400. The Balaban J connectivity index is 4.20. The van der Waals surface area contributed by atoms with Crippen molar-refractivity contribution in [2.75, 3.05) is 27.3 Å². The van der Waals surface area contributed by atoms with Crippen molar-refractivity contribution in [2.45, 2.75) is 51.7 Å². The third-order valence-corrected chi connectivity index (χ3v) is 3.74. The van der Waals surface area contributed by atoms with Crippen molar-refractivity contribution in [2.24, 2.45) is 22.1 Å². The molecule has 0 heterocycles. The van der Waals surface area contributed by atoms with Crippen LogP contribution < -0.4 is 0 Å². The summed E-state index contributed by atoms with van der Waals surface area (Å²) < 4.78 is 10.4. The average Bonchev–Trinajstić information content (AvgIpc) is 2.51. The highest BCUT2D eigenvalue weighted by Gasteiger charge is 2.26. The summed E-state index contributed by atoms with van der Waals surface area (Å²) >= 11 is 0. The Labute approximate surface area is 134 Å². The molecule has 4 unspecified atom stereocenters. The third-order valence-electron chi connectivity index (χ3n) is 3.74. The van der Waals surface area contributed by atoms with Crippen molar-refractivity contribution < 1.29 is 9.47 Å². The molecule has 0 aromatic carbocycles. The highest BCUT2D eigenvalue weighted by atomic mass is 16.5. The summed E-state index contributed by atoms with van der Waals surface area (Å²) in [6.45, 7) is 8.72. The third kappa shape index (κ3) is 7.49. The minimum atomic E-state index is -0.769. The van der Waals surface area contributed by atoms with Gasteiger partial charge >= 0.3 is 0 Å². The fraction of sp³-hybridized carbons (Fsp3) is 0.875. The van der Waals surface area contributed by atoms with Gasteiger partial charge in [-0.05, 0) is 38.5 Å². The van der Waals surface area contributed by atoms with E-state index in [4.69, 9.17) is 20.0 Å². The van der Waals surface area contributed by atoms with Gasteiger partial charge in [0.2, 0.25) is 0 Å². The minimum Gasteiger partial charge on any atom is -0.364 e. The summed E-state index contributed by atoms with van der Waals surface area (Å²) in [7, 11) is 3.09. The van der Waals surface area contributed by atoms with E-state index in [1.807, 2.05) is 13.8 Å². The van der Waals surface area contributed by atoms with Crippen molar-refractivity contribution in [1.82, 2.24) is 0 Å². The second kappa shape index (κ2) is 9.50. The van der Waals surface area contributed by atoms with Gasteiger partial charge in [0, 0.05) is 14.2 Å². The first-order valence-electron chi connectivity index (χ1n) is 7.50. The molecule has 0 aliphatic heterocycles. The summed E-state index contributed by atoms with van der Waals surface area (Å²) in [5.74, 6) is 0.430. The molecular weight excluding hydrogens is 280 g/mol. The van der Waals surface area contributed by atoms with Crippen LogP contribution in [0.2, 0.25) is 0 Å². The number of hydrogen-bond acceptors (Lipinski definition) is 6. The van der Waals surface area contributed by atoms with Gasteiger partial charge < -0.3 is 9.47 Å². The Morgan fingerprint density at radius 3 is 1.41 bits per heavy atom. The number of nitriles is 2.